The highest BCUT2D eigenvalue weighted by molar-refractivity contribution is 14.1. The third kappa shape index (κ3) is 3.39. The van der Waals surface area contributed by atoms with Gasteiger partial charge in [0.05, 0.1) is 18.8 Å². The first-order valence-corrected chi connectivity index (χ1v) is 9.33. The second-order valence-corrected chi connectivity index (χ2v) is 7.57. The first-order valence-electron chi connectivity index (χ1n) is 7.44. The molecule has 2 aromatic carbocycles. The van der Waals surface area contributed by atoms with E-state index in [1.807, 2.05) is 6.07 Å². The molecule has 0 bridgehead atoms. The van der Waals surface area contributed by atoms with Crippen molar-refractivity contribution in [1.29, 1.82) is 0 Å². The number of rotatable bonds is 4. The molecule has 0 aliphatic rings. The van der Waals surface area contributed by atoms with Crippen LogP contribution in [0.5, 0.6) is 0 Å². The second-order valence-electron chi connectivity index (χ2n) is 5.30. The van der Waals surface area contributed by atoms with Gasteiger partial charge in [-0.15, -0.1) is 11.3 Å². The molecule has 24 heavy (non-hydrogen) atoms. The highest BCUT2D eigenvalue weighted by Gasteiger charge is 2.07. The van der Waals surface area contributed by atoms with Crippen LogP contribution in [-0.2, 0) is 6.42 Å². The number of aromatic nitrogens is 3. The van der Waals surface area contributed by atoms with Crippen molar-refractivity contribution in [2.24, 2.45) is 0 Å². The van der Waals surface area contributed by atoms with Crippen LogP contribution in [0.25, 0.3) is 10.2 Å². The molecular weight excluding hydrogens is 431 g/mol. The quantitative estimate of drug-likeness (QED) is 0.449. The molecule has 0 fully saturated rings. The minimum atomic E-state index is 0.810. The lowest BCUT2D eigenvalue weighted by Gasteiger charge is -2.06. The summed E-state index contributed by atoms with van der Waals surface area (Å²) in [7, 11) is 0. The predicted molar refractivity (Wildman–Crippen MR) is 107 cm³/mol. The van der Waals surface area contributed by atoms with E-state index in [-0.39, 0.29) is 0 Å². The van der Waals surface area contributed by atoms with Gasteiger partial charge in [-0.1, -0.05) is 30.3 Å². The summed E-state index contributed by atoms with van der Waals surface area (Å²) >= 11 is 3.96. The van der Waals surface area contributed by atoms with E-state index in [2.05, 4.69) is 80.3 Å². The van der Waals surface area contributed by atoms with Crippen molar-refractivity contribution in [3.63, 3.8) is 0 Å². The Bertz CT molecular complexity index is 985. The minimum absolute atomic E-state index is 0.810. The molecule has 0 amide bonds. The van der Waals surface area contributed by atoms with Crippen LogP contribution in [0.15, 0.2) is 61.1 Å². The van der Waals surface area contributed by atoms with E-state index in [0.29, 0.717) is 0 Å². The average Bonchev–Trinajstić information content (AvgIpc) is 2.99. The highest BCUT2D eigenvalue weighted by Crippen LogP contribution is 2.28. The Morgan fingerprint density at radius 1 is 1.08 bits per heavy atom. The smallest absolute Gasteiger partial charge is 0.147 e. The zero-order chi connectivity index (χ0) is 16.4. The van der Waals surface area contributed by atoms with E-state index in [0.717, 1.165) is 32.0 Å². The summed E-state index contributed by atoms with van der Waals surface area (Å²) in [6.07, 6.45) is 4.20. The molecule has 0 unspecified atom stereocenters. The molecular formula is C18H13IN4S. The van der Waals surface area contributed by atoms with Crippen molar-refractivity contribution in [1.82, 2.24) is 15.0 Å². The normalized spacial score (nSPS) is 10.9. The molecule has 0 saturated carbocycles. The third-order valence-corrected chi connectivity index (χ3v) is 5.39. The van der Waals surface area contributed by atoms with Crippen LogP contribution in [-0.4, -0.2) is 15.0 Å². The fourth-order valence-electron chi connectivity index (χ4n) is 2.44. The van der Waals surface area contributed by atoms with Crippen molar-refractivity contribution in [3.05, 3.63) is 75.2 Å². The van der Waals surface area contributed by atoms with Crippen LogP contribution in [0.4, 0.5) is 11.5 Å². The standard InChI is InChI=1S/C18H13IN4S/c19-14-10-20-11-21-18(14)22-13-6-7-16-15(9-13)23-17(24-16)8-12-4-2-1-3-5-12/h1-7,9-11H,8H2,(H,20,21,22). The SMILES string of the molecule is Ic1cncnc1Nc1ccc2sc(Cc3ccccc3)nc2c1. The number of fused-ring (bicyclic) bond motifs is 1. The van der Waals surface area contributed by atoms with Crippen LogP contribution in [0.3, 0.4) is 0 Å². The van der Waals surface area contributed by atoms with Gasteiger partial charge in [0.25, 0.3) is 0 Å². The van der Waals surface area contributed by atoms with Crippen molar-refractivity contribution < 1.29 is 0 Å². The van der Waals surface area contributed by atoms with Gasteiger partial charge in [0.15, 0.2) is 0 Å². The van der Waals surface area contributed by atoms with Crippen LogP contribution < -0.4 is 5.32 Å². The molecule has 4 rings (SSSR count). The third-order valence-electron chi connectivity index (χ3n) is 3.56. The maximum Gasteiger partial charge on any atom is 0.147 e. The number of hydrogen-bond donors (Lipinski definition) is 1. The molecule has 2 aromatic heterocycles. The monoisotopic (exact) mass is 444 g/mol. The topological polar surface area (TPSA) is 50.7 Å². The molecule has 0 spiro atoms. The summed E-state index contributed by atoms with van der Waals surface area (Å²) in [5.74, 6) is 0.810. The maximum absolute atomic E-state index is 4.78. The van der Waals surface area contributed by atoms with E-state index in [1.165, 1.54) is 10.3 Å². The molecule has 2 heterocycles. The van der Waals surface area contributed by atoms with Crippen molar-refractivity contribution in [3.8, 4) is 0 Å². The molecule has 0 radical (unpaired) electrons. The summed E-state index contributed by atoms with van der Waals surface area (Å²) in [6.45, 7) is 0. The van der Waals surface area contributed by atoms with Crippen LogP contribution >= 0.6 is 33.9 Å². The van der Waals surface area contributed by atoms with Gasteiger partial charge in [-0.3, -0.25) is 0 Å². The van der Waals surface area contributed by atoms with Gasteiger partial charge >= 0.3 is 0 Å². The van der Waals surface area contributed by atoms with E-state index in [1.54, 1.807) is 23.9 Å². The summed E-state index contributed by atoms with van der Waals surface area (Å²) in [5.41, 5.74) is 3.28. The summed E-state index contributed by atoms with van der Waals surface area (Å²) in [4.78, 5) is 13.1. The largest absolute Gasteiger partial charge is 0.339 e. The van der Waals surface area contributed by atoms with Gasteiger partial charge < -0.3 is 5.32 Å². The van der Waals surface area contributed by atoms with Gasteiger partial charge in [-0.2, -0.15) is 0 Å². The highest BCUT2D eigenvalue weighted by atomic mass is 127. The summed E-state index contributed by atoms with van der Waals surface area (Å²) < 4.78 is 2.18. The zero-order valence-corrected chi connectivity index (χ0v) is 15.6. The van der Waals surface area contributed by atoms with Crippen LogP contribution in [0, 0.1) is 3.57 Å². The Morgan fingerprint density at radius 2 is 1.96 bits per heavy atom. The Kier molecular flexibility index (Phi) is 4.40. The fourth-order valence-corrected chi connectivity index (χ4v) is 3.86. The number of thiazole rings is 1. The second kappa shape index (κ2) is 6.82. The lowest BCUT2D eigenvalue weighted by molar-refractivity contribution is 1.15. The van der Waals surface area contributed by atoms with Crippen molar-refractivity contribution >= 4 is 55.6 Å². The fraction of sp³-hybridized carbons (Fsp3) is 0.0556. The summed E-state index contributed by atoms with van der Waals surface area (Å²) in [5, 5.41) is 4.46. The first-order chi connectivity index (χ1) is 11.8. The molecule has 4 aromatic rings. The lowest BCUT2D eigenvalue weighted by Crippen LogP contribution is -1.96. The lowest BCUT2D eigenvalue weighted by atomic mass is 10.2. The molecule has 1 N–H and O–H groups in total. The Balaban J connectivity index is 1.60. The molecule has 118 valence electrons. The van der Waals surface area contributed by atoms with Gasteiger partial charge in [-0.05, 0) is 46.4 Å². The number of hydrogen-bond acceptors (Lipinski definition) is 5. The Morgan fingerprint density at radius 3 is 2.79 bits per heavy atom. The van der Waals surface area contributed by atoms with Gasteiger partial charge in [0.1, 0.15) is 12.1 Å². The number of nitrogens with one attached hydrogen (secondary N) is 1. The zero-order valence-electron chi connectivity index (χ0n) is 12.6. The Hall–Kier alpha value is -2.06. The van der Waals surface area contributed by atoms with Gasteiger partial charge in [0.2, 0.25) is 0 Å². The maximum atomic E-state index is 4.78. The summed E-state index contributed by atoms with van der Waals surface area (Å²) in [6, 6.07) is 16.7. The van der Waals surface area contributed by atoms with E-state index >= 15 is 0 Å². The number of anilines is 2. The molecule has 0 atom stereocenters. The van der Waals surface area contributed by atoms with Crippen LogP contribution in [0.2, 0.25) is 0 Å². The van der Waals surface area contributed by atoms with Crippen molar-refractivity contribution in [2.75, 3.05) is 5.32 Å². The van der Waals surface area contributed by atoms with Crippen LogP contribution in [0.1, 0.15) is 10.6 Å². The van der Waals surface area contributed by atoms with E-state index in [9.17, 15) is 0 Å². The molecule has 0 saturated heterocycles. The van der Waals surface area contributed by atoms with Crippen molar-refractivity contribution in [2.45, 2.75) is 6.42 Å². The van der Waals surface area contributed by atoms with Gasteiger partial charge in [-0.25, -0.2) is 15.0 Å². The number of nitrogens with zero attached hydrogens (tertiary/aromatic N) is 3. The van der Waals surface area contributed by atoms with E-state index < -0.39 is 0 Å². The van der Waals surface area contributed by atoms with E-state index in [4.69, 9.17) is 4.98 Å². The molecule has 0 aliphatic carbocycles. The predicted octanol–water partition coefficient (Wildman–Crippen LogP) is 5.03. The van der Waals surface area contributed by atoms with Gasteiger partial charge in [0, 0.05) is 18.3 Å². The molecule has 0 aliphatic heterocycles. The average molecular weight is 444 g/mol. The molecule has 4 nitrogen and oxygen atoms in total. The minimum Gasteiger partial charge on any atom is -0.339 e. The first kappa shape index (κ1) is 15.5. The number of halogens is 1. The molecule has 6 heteroatoms. The Labute approximate surface area is 157 Å². The number of benzene rings is 2.